The van der Waals surface area contributed by atoms with Gasteiger partial charge in [-0.3, -0.25) is 0 Å². The average molecular weight is 226 g/mol. The second-order valence-electron chi connectivity index (χ2n) is 3.18. The quantitative estimate of drug-likeness (QED) is 0.721. The summed E-state index contributed by atoms with van der Waals surface area (Å²) in [7, 11) is -3.22. The van der Waals surface area contributed by atoms with Gasteiger partial charge >= 0.3 is 0 Å². The predicted molar refractivity (Wildman–Crippen MR) is 59.3 cm³/mol. The third-order valence-electron chi connectivity index (χ3n) is 1.80. The third kappa shape index (κ3) is 3.75. The highest BCUT2D eigenvalue weighted by Crippen LogP contribution is 2.10. The Kier molecular flexibility index (Phi) is 3.91. The molecule has 0 aromatic heterocycles. The summed E-state index contributed by atoms with van der Waals surface area (Å²) in [6.45, 7) is 5.37. The van der Waals surface area contributed by atoms with E-state index in [-0.39, 0.29) is 12.4 Å². The topological polar surface area (TPSA) is 43.4 Å². The lowest BCUT2D eigenvalue weighted by Crippen LogP contribution is -2.11. The fourth-order valence-electron chi connectivity index (χ4n) is 1.07. The van der Waals surface area contributed by atoms with Gasteiger partial charge in [0, 0.05) is 0 Å². The molecule has 0 aliphatic heterocycles. The van der Waals surface area contributed by atoms with Gasteiger partial charge in [-0.05, 0) is 19.1 Å². The number of ether oxygens (including phenoxy) is 1. The van der Waals surface area contributed by atoms with E-state index >= 15 is 0 Å². The fraction of sp³-hybridized carbons (Fsp3) is 0.273. The standard InChI is InChI=1S/C11H14O3S/c1-10(2)14-8-9-15(12,13)11-6-4-3-5-7-11/h3-7H,1,8-9H2,2H3. The smallest absolute Gasteiger partial charge is 0.181 e. The third-order valence-corrected chi connectivity index (χ3v) is 3.50. The van der Waals surface area contributed by atoms with Crippen molar-refractivity contribution >= 4 is 9.84 Å². The maximum atomic E-state index is 11.7. The monoisotopic (exact) mass is 226 g/mol. The van der Waals surface area contributed by atoms with Crippen molar-refractivity contribution in [1.29, 1.82) is 0 Å². The molecule has 82 valence electrons. The van der Waals surface area contributed by atoms with Crippen molar-refractivity contribution in [2.24, 2.45) is 0 Å². The van der Waals surface area contributed by atoms with Crippen molar-refractivity contribution in [3.63, 3.8) is 0 Å². The van der Waals surface area contributed by atoms with Gasteiger partial charge in [0.25, 0.3) is 0 Å². The molecule has 1 aromatic carbocycles. The van der Waals surface area contributed by atoms with Gasteiger partial charge in [0.15, 0.2) is 9.84 Å². The van der Waals surface area contributed by atoms with Gasteiger partial charge in [-0.15, -0.1) is 0 Å². The van der Waals surface area contributed by atoms with E-state index in [1.54, 1.807) is 37.3 Å². The minimum atomic E-state index is -3.22. The molecule has 15 heavy (non-hydrogen) atoms. The van der Waals surface area contributed by atoms with Gasteiger partial charge in [-0.2, -0.15) is 0 Å². The lowest BCUT2D eigenvalue weighted by atomic mass is 10.4. The van der Waals surface area contributed by atoms with Crippen molar-refractivity contribution in [3.8, 4) is 0 Å². The molecule has 0 saturated heterocycles. The minimum Gasteiger partial charge on any atom is -0.498 e. The highest BCUT2D eigenvalue weighted by molar-refractivity contribution is 7.91. The summed E-state index contributed by atoms with van der Waals surface area (Å²) < 4.78 is 28.4. The zero-order valence-electron chi connectivity index (χ0n) is 8.64. The van der Waals surface area contributed by atoms with Crippen LogP contribution in [0.2, 0.25) is 0 Å². The maximum Gasteiger partial charge on any atom is 0.181 e. The molecule has 0 radical (unpaired) electrons. The van der Waals surface area contributed by atoms with E-state index in [9.17, 15) is 8.42 Å². The van der Waals surface area contributed by atoms with Crippen LogP contribution in [0.3, 0.4) is 0 Å². The normalized spacial score (nSPS) is 11.0. The fourth-order valence-corrected chi connectivity index (χ4v) is 2.18. The van der Waals surface area contributed by atoms with Crippen LogP contribution in [-0.2, 0) is 14.6 Å². The number of hydrogen-bond acceptors (Lipinski definition) is 3. The largest absolute Gasteiger partial charge is 0.498 e. The Bertz CT molecular complexity index is 420. The molecule has 0 spiro atoms. The summed E-state index contributed by atoms with van der Waals surface area (Å²) in [5, 5.41) is 0. The molecule has 0 N–H and O–H groups in total. The molecule has 0 saturated carbocycles. The van der Waals surface area contributed by atoms with Crippen LogP contribution in [0.4, 0.5) is 0 Å². The number of hydrogen-bond donors (Lipinski definition) is 0. The van der Waals surface area contributed by atoms with E-state index in [2.05, 4.69) is 6.58 Å². The second-order valence-corrected chi connectivity index (χ2v) is 5.29. The zero-order valence-corrected chi connectivity index (χ0v) is 9.46. The Hall–Kier alpha value is -1.29. The Morgan fingerprint density at radius 3 is 2.47 bits per heavy atom. The van der Waals surface area contributed by atoms with Crippen LogP contribution in [0.25, 0.3) is 0 Å². The van der Waals surface area contributed by atoms with Crippen molar-refractivity contribution in [2.45, 2.75) is 11.8 Å². The summed E-state index contributed by atoms with van der Waals surface area (Å²) in [4.78, 5) is 0.329. The van der Waals surface area contributed by atoms with Crippen LogP contribution >= 0.6 is 0 Å². The van der Waals surface area contributed by atoms with Crippen molar-refractivity contribution in [3.05, 3.63) is 42.7 Å². The highest BCUT2D eigenvalue weighted by Gasteiger charge is 2.13. The second kappa shape index (κ2) is 4.98. The number of sulfone groups is 1. The Balaban J connectivity index is 2.65. The first-order valence-corrected chi connectivity index (χ1v) is 6.24. The van der Waals surface area contributed by atoms with E-state index in [0.29, 0.717) is 10.7 Å². The number of allylic oxidation sites excluding steroid dienone is 1. The summed E-state index contributed by atoms with van der Waals surface area (Å²) >= 11 is 0. The lowest BCUT2D eigenvalue weighted by molar-refractivity contribution is 0.234. The Labute approximate surface area is 90.3 Å². The van der Waals surface area contributed by atoms with E-state index < -0.39 is 9.84 Å². The average Bonchev–Trinajstić information content (AvgIpc) is 2.18. The maximum absolute atomic E-state index is 11.7. The summed E-state index contributed by atoms with van der Waals surface area (Å²) in [6.07, 6.45) is 0. The molecular weight excluding hydrogens is 212 g/mol. The summed E-state index contributed by atoms with van der Waals surface area (Å²) in [5.74, 6) is 0.502. The van der Waals surface area contributed by atoms with Crippen molar-refractivity contribution < 1.29 is 13.2 Å². The minimum absolute atomic E-state index is 0.0239. The molecule has 4 heteroatoms. The Morgan fingerprint density at radius 1 is 1.33 bits per heavy atom. The zero-order chi connectivity index (χ0) is 11.3. The molecule has 0 aliphatic carbocycles. The Morgan fingerprint density at radius 2 is 1.93 bits per heavy atom. The molecule has 0 unspecified atom stereocenters. The van der Waals surface area contributed by atoms with Gasteiger partial charge in [-0.25, -0.2) is 8.42 Å². The molecule has 3 nitrogen and oxygen atoms in total. The molecule has 0 amide bonds. The van der Waals surface area contributed by atoms with Crippen LogP contribution in [0, 0.1) is 0 Å². The van der Waals surface area contributed by atoms with Crippen molar-refractivity contribution in [1.82, 2.24) is 0 Å². The first-order chi connectivity index (χ1) is 7.02. The molecule has 0 heterocycles. The van der Waals surface area contributed by atoms with Crippen LogP contribution in [0.1, 0.15) is 6.92 Å². The van der Waals surface area contributed by atoms with Gasteiger partial charge in [0.1, 0.15) is 6.61 Å². The van der Waals surface area contributed by atoms with Crippen LogP contribution in [0.5, 0.6) is 0 Å². The molecule has 0 fully saturated rings. The van der Waals surface area contributed by atoms with Crippen LogP contribution in [-0.4, -0.2) is 20.8 Å². The van der Waals surface area contributed by atoms with E-state index in [1.807, 2.05) is 0 Å². The molecule has 1 rings (SSSR count). The number of benzene rings is 1. The van der Waals surface area contributed by atoms with Gasteiger partial charge in [0.2, 0.25) is 0 Å². The lowest BCUT2D eigenvalue weighted by Gasteiger charge is -2.06. The SMILES string of the molecule is C=C(C)OCCS(=O)(=O)c1ccccc1. The summed E-state index contributed by atoms with van der Waals surface area (Å²) in [5.41, 5.74) is 0. The first kappa shape index (κ1) is 11.8. The molecular formula is C11H14O3S. The molecule has 0 aliphatic rings. The van der Waals surface area contributed by atoms with Crippen LogP contribution < -0.4 is 0 Å². The van der Waals surface area contributed by atoms with Crippen LogP contribution in [0.15, 0.2) is 47.6 Å². The van der Waals surface area contributed by atoms with E-state index in [1.165, 1.54) is 0 Å². The summed E-state index contributed by atoms with van der Waals surface area (Å²) in [6, 6.07) is 8.34. The van der Waals surface area contributed by atoms with Gasteiger partial charge in [-0.1, -0.05) is 24.8 Å². The van der Waals surface area contributed by atoms with Gasteiger partial charge < -0.3 is 4.74 Å². The van der Waals surface area contributed by atoms with E-state index in [0.717, 1.165) is 0 Å². The van der Waals surface area contributed by atoms with Gasteiger partial charge in [0.05, 0.1) is 16.4 Å². The molecule has 0 atom stereocenters. The molecule has 0 bridgehead atoms. The van der Waals surface area contributed by atoms with E-state index in [4.69, 9.17) is 4.74 Å². The first-order valence-electron chi connectivity index (χ1n) is 4.58. The highest BCUT2D eigenvalue weighted by atomic mass is 32.2. The predicted octanol–water partition coefficient (Wildman–Crippen LogP) is 2.01. The number of rotatable bonds is 5. The molecule has 1 aromatic rings. The van der Waals surface area contributed by atoms with Crippen molar-refractivity contribution in [2.75, 3.05) is 12.4 Å².